The number of halogens is 1. The van der Waals surface area contributed by atoms with E-state index in [4.69, 9.17) is 20.8 Å². The summed E-state index contributed by atoms with van der Waals surface area (Å²) >= 11 is 6.30. The normalized spacial score (nSPS) is 11.6. The Labute approximate surface area is 150 Å². The Morgan fingerprint density at radius 2 is 2.08 bits per heavy atom. The summed E-state index contributed by atoms with van der Waals surface area (Å²) < 4.78 is 11.0. The number of phenolic OH excluding ortho intramolecular Hbond substituents is 1. The molecule has 0 unspecified atom stereocenters. The first kappa shape index (κ1) is 17.0. The Hall–Kier alpha value is -2.79. The van der Waals surface area contributed by atoms with Gasteiger partial charge in [-0.25, -0.2) is 0 Å². The van der Waals surface area contributed by atoms with Crippen molar-refractivity contribution < 1.29 is 14.3 Å². The monoisotopic (exact) mass is 356 g/mol. The van der Waals surface area contributed by atoms with Gasteiger partial charge in [-0.05, 0) is 49.8 Å². The molecule has 0 radical (unpaired) electrons. The lowest BCUT2D eigenvalue weighted by Crippen LogP contribution is -1.92. The fourth-order valence-corrected chi connectivity index (χ4v) is 2.52. The van der Waals surface area contributed by atoms with Gasteiger partial charge in [-0.2, -0.15) is 0 Å². The van der Waals surface area contributed by atoms with Crippen molar-refractivity contribution in [1.29, 1.82) is 0 Å². The van der Waals surface area contributed by atoms with Crippen LogP contribution in [0.25, 0.3) is 22.6 Å². The number of aryl methyl sites for hydroxylation is 1. The summed E-state index contributed by atoms with van der Waals surface area (Å²) in [7, 11) is 0. The van der Waals surface area contributed by atoms with Gasteiger partial charge in [0, 0.05) is 5.56 Å². The van der Waals surface area contributed by atoms with Crippen LogP contribution in [0.4, 0.5) is 0 Å². The first-order valence-electron chi connectivity index (χ1n) is 7.80. The Kier molecular flexibility index (Phi) is 5.05. The third-order valence-electron chi connectivity index (χ3n) is 3.47. The minimum Gasteiger partial charge on any atom is -0.504 e. The smallest absolute Gasteiger partial charge is 0.259 e. The van der Waals surface area contributed by atoms with E-state index in [2.05, 4.69) is 10.2 Å². The molecular formula is C19H17ClN2O3. The molecule has 5 nitrogen and oxygen atoms in total. The van der Waals surface area contributed by atoms with E-state index in [1.54, 1.807) is 24.3 Å². The number of aromatic hydroxyl groups is 1. The predicted molar refractivity (Wildman–Crippen MR) is 97.5 cm³/mol. The highest BCUT2D eigenvalue weighted by molar-refractivity contribution is 6.50. The van der Waals surface area contributed by atoms with Crippen LogP contribution in [0, 0.1) is 6.92 Å². The van der Waals surface area contributed by atoms with Gasteiger partial charge in [0.05, 0.1) is 6.61 Å². The van der Waals surface area contributed by atoms with Crippen LogP contribution in [-0.4, -0.2) is 21.9 Å². The van der Waals surface area contributed by atoms with E-state index >= 15 is 0 Å². The highest BCUT2D eigenvalue weighted by atomic mass is 35.5. The minimum atomic E-state index is 0.0784. The summed E-state index contributed by atoms with van der Waals surface area (Å²) in [6.45, 7) is 4.30. The van der Waals surface area contributed by atoms with Crippen molar-refractivity contribution in [2.45, 2.75) is 13.8 Å². The fraction of sp³-hybridized carbons (Fsp3) is 0.158. The molecule has 0 aliphatic heterocycles. The Morgan fingerprint density at radius 3 is 2.84 bits per heavy atom. The molecule has 0 spiro atoms. The molecule has 0 atom stereocenters. The lowest BCUT2D eigenvalue weighted by molar-refractivity contribution is 0.318. The molecular weight excluding hydrogens is 340 g/mol. The fourth-order valence-electron chi connectivity index (χ4n) is 2.31. The molecule has 1 aromatic heterocycles. The van der Waals surface area contributed by atoms with Crippen molar-refractivity contribution >= 4 is 22.7 Å². The largest absolute Gasteiger partial charge is 0.504 e. The summed E-state index contributed by atoms with van der Waals surface area (Å²) in [4.78, 5) is 0. The molecule has 0 saturated carbocycles. The molecule has 0 aliphatic carbocycles. The van der Waals surface area contributed by atoms with Crippen LogP contribution in [0.15, 0.2) is 46.9 Å². The lowest BCUT2D eigenvalue weighted by atomic mass is 10.1. The third kappa shape index (κ3) is 4.00. The SMILES string of the molecule is CCOc1cc(/C=C(\Cl)c2nnc(-c3cccc(C)c3)o2)ccc1O. The average molecular weight is 357 g/mol. The van der Waals surface area contributed by atoms with Crippen LogP contribution in [0.3, 0.4) is 0 Å². The second-order valence-corrected chi connectivity index (χ2v) is 5.84. The van der Waals surface area contributed by atoms with Crippen LogP contribution in [-0.2, 0) is 0 Å². The van der Waals surface area contributed by atoms with Crippen molar-refractivity contribution in [2.24, 2.45) is 0 Å². The Morgan fingerprint density at radius 1 is 1.24 bits per heavy atom. The molecule has 0 bridgehead atoms. The third-order valence-corrected chi connectivity index (χ3v) is 3.74. The number of nitrogens with zero attached hydrogens (tertiary/aromatic N) is 2. The topological polar surface area (TPSA) is 68.4 Å². The highest BCUT2D eigenvalue weighted by Crippen LogP contribution is 2.30. The predicted octanol–water partition coefficient (Wildman–Crippen LogP) is 4.89. The lowest BCUT2D eigenvalue weighted by Gasteiger charge is -2.06. The van der Waals surface area contributed by atoms with Crippen LogP contribution in [0.1, 0.15) is 23.9 Å². The van der Waals surface area contributed by atoms with Crippen LogP contribution < -0.4 is 4.74 Å². The van der Waals surface area contributed by atoms with E-state index in [-0.39, 0.29) is 11.6 Å². The number of aromatic nitrogens is 2. The van der Waals surface area contributed by atoms with E-state index in [0.29, 0.717) is 23.3 Å². The number of benzene rings is 2. The summed E-state index contributed by atoms with van der Waals surface area (Å²) in [5.74, 6) is 1.11. The maximum atomic E-state index is 9.75. The second kappa shape index (κ2) is 7.40. The van der Waals surface area contributed by atoms with Gasteiger partial charge in [0.2, 0.25) is 5.89 Å². The van der Waals surface area contributed by atoms with Gasteiger partial charge < -0.3 is 14.3 Å². The van der Waals surface area contributed by atoms with Gasteiger partial charge in [0.1, 0.15) is 5.03 Å². The van der Waals surface area contributed by atoms with Gasteiger partial charge in [-0.15, -0.1) is 10.2 Å². The molecule has 6 heteroatoms. The van der Waals surface area contributed by atoms with E-state index < -0.39 is 0 Å². The van der Waals surface area contributed by atoms with Crippen molar-refractivity contribution in [3.63, 3.8) is 0 Å². The zero-order valence-corrected chi connectivity index (χ0v) is 14.6. The second-order valence-electron chi connectivity index (χ2n) is 5.43. The van der Waals surface area contributed by atoms with E-state index in [0.717, 1.165) is 16.7 Å². The molecule has 3 aromatic rings. The first-order valence-corrected chi connectivity index (χ1v) is 8.18. The zero-order valence-electron chi connectivity index (χ0n) is 13.9. The Bertz CT molecular complexity index is 919. The first-order chi connectivity index (χ1) is 12.1. The molecule has 0 amide bonds. The average Bonchev–Trinajstić information content (AvgIpc) is 3.08. The van der Waals surface area contributed by atoms with Gasteiger partial charge in [-0.3, -0.25) is 0 Å². The van der Waals surface area contributed by atoms with Gasteiger partial charge in [0.25, 0.3) is 5.89 Å². The molecule has 1 N–H and O–H groups in total. The molecule has 3 rings (SSSR count). The summed E-state index contributed by atoms with van der Waals surface area (Å²) in [5.41, 5.74) is 2.69. The summed E-state index contributed by atoms with van der Waals surface area (Å²) in [6.07, 6.45) is 1.68. The molecule has 1 heterocycles. The molecule has 128 valence electrons. The van der Waals surface area contributed by atoms with Crippen molar-refractivity contribution in [1.82, 2.24) is 10.2 Å². The highest BCUT2D eigenvalue weighted by Gasteiger charge is 2.12. The zero-order chi connectivity index (χ0) is 17.8. The van der Waals surface area contributed by atoms with Gasteiger partial charge >= 0.3 is 0 Å². The van der Waals surface area contributed by atoms with Crippen molar-refractivity contribution in [3.8, 4) is 23.0 Å². The maximum absolute atomic E-state index is 9.75. The number of hydrogen-bond donors (Lipinski definition) is 1. The quantitative estimate of drug-likeness (QED) is 0.705. The number of phenols is 1. The maximum Gasteiger partial charge on any atom is 0.259 e. The molecule has 25 heavy (non-hydrogen) atoms. The van der Waals surface area contributed by atoms with Crippen molar-refractivity contribution in [2.75, 3.05) is 6.61 Å². The van der Waals surface area contributed by atoms with Crippen LogP contribution in [0.5, 0.6) is 11.5 Å². The summed E-state index contributed by atoms with van der Waals surface area (Å²) in [5, 5.41) is 18.1. The minimum absolute atomic E-state index is 0.0784. The van der Waals surface area contributed by atoms with E-state index in [1.807, 2.05) is 38.1 Å². The standard InChI is InChI=1S/C19H17ClN2O3/c1-3-24-17-11-13(7-8-16(17)23)10-15(20)19-22-21-18(25-19)14-6-4-5-12(2)9-14/h4-11,23H,3H2,1-2H3/b15-10-. The van der Waals surface area contributed by atoms with E-state index in [9.17, 15) is 5.11 Å². The summed E-state index contributed by atoms with van der Waals surface area (Å²) in [6, 6.07) is 12.7. The van der Waals surface area contributed by atoms with Crippen LogP contribution in [0.2, 0.25) is 0 Å². The number of hydrogen-bond acceptors (Lipinski definition) is 5. The molecule has 2 aromatic carbocycles. The van der Waals surface area contributed by atoms with Crippen molar-refractivity contribution in [3.05, 3.63) is 59.5 Å². The Balaban J connectivity index is 1.87. The molecule has 0 fully saturated rings. The van der Waals surface area contributed by atoms with Gasteiger partial charge in [-0.1, -0.05) is 35.4 Å². The molecule has 0 aliphatic rings. The number of ether oxygens (including phenoxy) is 1. The number of rotatable bonds is 5. The molecule has 0 saturated heterocycles. The van der Waals surface area contributed by atoms with E-state index in [1.165, 1.54) is 0 Å². The van der Waals surface area contributed by atoms with Crippen LogP contribution >= 0.6 is 11.6 Å². The van der Waals surface area contributed by atoms with Gasteiger partial charge in [0.15, 0.2) is 11.5 Å².